The van der Waals surface area contributed by atoms with E-state index in [2.05, 4.69) is 35.0 Å². The molecule has 0 spiro atoms. The molecule has 0 aliphatic carbocycles. The molecule has 21 heavy (non-hydrogen) atoms. The lowest BCUT2D eigenvalue weighted by Crippen LogP contribution is -1.98. The lowest BCUT2D eigenvalue weighted by atomic mass is 10.1. The molecule has 3 rings (SSSR count). The highest BCUT2D eigenvalue weighted by Gasteiger charge is 2.06. The van der Waals surface area contributed by atoms with Gasteiger partial charge in [-0.15, -0.1) is 0 Å². The lowest BCUT2D eigenvalue weighted by Gasteiger charge is -2.08. The minimum atomic E-state index is 0.0877. The molecule has 0 radical (unpaired) electrons. The zero-order chi connectivity index (χ0) is 14.7. The molecule has 0 amide bonds. The van der Waals surface area contributed by atoms with Crippen molar-refractivity contribution < 1.29 is 9.84 Å². The quantitative estimate of drug-likeness (QED) is 0.775. The predicted octanol–water partition coefficient (Wildman–Crippen LogP) is 3.58. The molecule has 0 bridgehead atoms. The second-order valence-electron chi connectivity index (χ2n) is 5.04. The summed E-state index contributed by atoms with van der Waals surface area (Å²) < 4.78 is 7.89. The van der Waals surface area contributed by atoms with E-state index in [0.29, 0.717) is 6.61 Å². The van der Waals surface area contributed by atoms with Crippen molar-refractivity contribution in [3.63, 3.8) is 0 Å². The Balaban J connectivity index is 1.91. The van der Waals surface area contributed by atoms with E-state index in [1.807, 2.05) is 31.2 Å². The molecule has 3 heteroatoms. The van der Waals surface area contributed by atoms with Crippen LogP contribution in [0.15, 0.2) is 54.7 Å². The van der Waals surface area contributed by atoms with Crippen LogP contribution in [-0.2, 0) is 13.2 Å². The van der Waals surface area contributed by atoms with E-state index >= 15 is 0 Å². The maximum Gasteiger partial charge on any atom is 0.128 e. The molecular formula is C18H19NO2. The summed E-state index contributed by atoms with van der Waals surface area (Å²) in [6.07, 6.45) is 2.09. The smallest absolute Gasteiger partial charge is 0.128 e. The number of ether oxygens (including phenoxy) is 1. The lowest BCUT2D eigenvalue weighted by molar-refractivity contribution is 0.282. The highest BCUT2D eigenvalue weighted by atomic mass is 16.5. The summed E-state index contributed by atoms with van der Waals surface area (Å²) in [5.74, 6) is 0.935. The van der Waals surface area contributed by atoms with Gasteiger partial charge in [0.15, 0.2) is 0 Å². The molecule has 1 aromatic heterocycles. The SMILES string of the molecule is CCOc1cccc2c1ccn2Cc1ccc(CO)cc1. The molecule has 1 heterocycles. The molecule has 3 aromatic rings. The van der Waals surface area contributed by atoms with Crippen molar-refractivity contribution in [1.29, 1.82) is 0 Å². The monoisotopic (exact) mass is 281 g/mol. The standard InChI is InChI=1S/C18H19NO2/c1-2-21-18-5-3-4-17-16(18)10-11-19(17)12-14-6-8-15(13-20)9-7-14/h3-11,20H,2,12-13H2,1H3. The largest absolute Gasteiger partial charge is 0.493 e. The molecule has 0 atom stereocenters. The average molecular weight is 281 g/mol. The van der Waals surface area contributed by atoms with Gasteiger partial charge in [0.2, 0.25) is 0 Å². The third-order valence-corrected chi connectivity index (χ3v) is 3.63. The Bertz CT molecular complexity index is 729. The number of aliphatic hydroxyl groups is 1. The summed E-state index contributed by atoms with van der Waals surface area (Å²) in [7, 11) is 0. The summed E-state index contributed by atoms with van der Waals surface area (Å²) in [5.41, 5.74) is 3.33. The minimum absolute atomic E-state index is 0.0877. The maximum absolute atomic E-state index is 9.09. The number of aliphatic hydroxyl groups excluding tert-OH is 1. The third kappa shape index (κ3) is 2.78. The summed E-state index contributed by atoms with van der Waals surface area (Å²) in [4.78, 5) is 0. The Hall–Kier alpha value is -2.26. The summed E-state index contributed by atoms with van der Waals surface area (Å²) >= 11 is 0. The summed E-state index contributed by atoms with van der Waals surface area (Å²) in [5, 5.41) is 10.2. The van der Waals surface area contributed by atoms with E-state index in [0.717, 1.165) is 23.2 Å². The van der Waals surface area contributed by atoms with Gasteiger partial charge in [-0.05, 0) is 36.2 Å². The molecule has 108 valence electrons. The highest BCUT2D eigenvalue weighted by molar-refractivity contribution is 5.86. The first kappa shape index (κ1) is 13.7. The highest BCUT2D eigenvalue weighted by Crippen LogP contribution is 2.27. The van der Waals surface area contributed by atoms with Gasteiger partial charge in [-0.1, -0.05) is 30.3 Å². The van der Waals surface area contributed by atoms with Crippen LogP contribution in [0.25, 0.3) is 10.9 Å². The topological polar surface area (TPSA) is 34.4 Å². The van der Waals surface area contributed by atoms with Crippen molar-refractivity contribution in [2.24, 2.45) is 0 Å². The first-order valence-corrected chi connectivity index (χ1v) is 7.21. The van der Waals surface area contributed by atoms with E-state index < -0.39 is 0 Å². The van der Waals surface area contributed by atoms with E-state index in [1.165, 1.54) is 11.1 Å². The number of hydrogen-bond acceptors (Lipinski definition) is 2. The number of benzene rings is 2. The van der Waals surface area contributed by atoms with Gasteiger partial charge in [0.05, 0.1) is 18.7 Å². The van der Waals surface area contributed by atoms with Crippen LogP contribution >= 0.6 is 0 Å². The zero-order valence-corrected chi connectivity index (χ0v) is 12.1. The predicted molar refractivity (Wildman–Crippen MR) is 84.6 cm³/mol. The van der Waals surface area contributed by atoms with E-state index in [4.69, 9.17) is 9.84 Å². The van der Waals surface area contributed by atoms with Crippen molar-refractivity contribution in [3.8, 4) is 5.75 Å². The number of fused-ring (bicyclic) bond motifs is 1. The van der Waals surface area contributed by atoms with Gasteiger partial charge in [0.1, 0.15) is 5.75 Å². The first-order chi connectivity index (χ1) is 10.3. The molecule has 0 saturated carbocycles. The van der Waals surface area contributed by atoms with E-state index in [1.54, 1.807) is 0 Å². The molecule has 0 saturated heterocycles. The van der Waals surface area contributed by atoms with Crippen LogP contribution < -0.4 is 4.74 Å². The Morgan fingerprint density at radius 3 is 2.48 bits per heavy atom. The van der Waals surface area contributed by atoms with Crippen LogP contribution in [0.3, 0.4) is 0 Å². The number of rotatable bonds is 5. The third-order valence-electron chi connectivity index (χ3n) is 3.63. The van der Waals surface area contributed by atoms with Gasteiger partial charge in [-0.3, -0.25) is 0 Å². The van der Waals surface area contributed by atoms with Crippen LogP contribution in [0.5, 0.6) is 5.75 Å². The second kappa shape index (κ2) is 6.02. The molecule has 2 aromatic carbocycles. The Kier molecular flexibility index (Phi) is 3.93. The number of aromatic nitrogens is 1. The molecule has 0 aliphatic rings. The number of hydrogen-bond donors (Lipinski definition) is 1. The van der Waals surface area contributed by atoms with Crippen molar-refractivity contribution in [3.05, 3.63) is 65.9 Å². The average Bonchev–Trinajstić information content (AvgIpc) is 2.93. The van der Waals surface area contributed by atoms with E-state index in [9.17, 15) is 0 Å². The van der Waals surface area contributed by atoms with Gasteiger partial charge in [0.25, 0.3) is 0 Å². The summed E-state index contributed by atoms with van der Waals surface area (Å²) in [6, 6.07) is 16.3. The van der Waals surface area contributed by atoms with Crippen LogP contribution in [0.1, 0.15) is 18.1 Å². The van der Waals surface area contributed by atoms with Crippen LogP contribution in [0, 0.1) is 0 Å². The summed E-state index contributed by atoms with van der Waals surface area (Å²) in [6.45, 7) is 3.57. The second-order valence-corrected chi connectivity index (χ2v) is 5.04. The molecule has 3 nitrogen and oxygen atoms in total. The molecule has 0 unspecified atom stereocenters. The van der Waals surface area contributed by atoms with Gasteiger partial charge in [-0.25, -0.2) is 0 Å². The van der Waals surface area contributed by atoms with Gasteiger partial charge >= 0.3 is 0 Å². The normalized spacial score (nSPS) is 11.0. The van der Waals surface area contributed by atoms with Crippen LogP contribution in [0.2, 0.25) is 0 Å². The number of nitrogens with zero attached hydrogens (tertiary/aromatic N) is 1. The molecule has 1 N–H and O–H groups in total. The van der Waals surface area contributed by atoms with E-state index in [-0.39, 0.29) is 6.61 Å². The van der Waals surface area contributed by atoms with Crippen LogP contribution in [-0.4, -0.2) is 16.3 Å². The molecule has 0 aliphatic heterocycles. The van der Waals surface area contributed by atoms with Crippen molar-refractivity contribution in [2.75, 3.05) is 6.61 Å². The Morgan fingerprint density at radius 2 is 1.76 bits per heavy atom. The first-order valence-electron chi connectivity index (χ1n) is 7.21. The minimum Gasteiger partial charge on any atom is -0.493 e. The van der Waals surface area contributed by atoms with Gasteiger partial charge in [0, 0.05) is 18.1 Å². The Morgan fingerprint density at radius 1 is 1.00 bits per heavy atom. The zero-order valence-electron chi connectivity index (χ0n) is 12.1. The van der Waals surface area contributed by atoms with Gasteiger partial charge < -0.3 is 14.4 Å². The van der Waals surface area contributed by atoms with Crippen molar-refractivity contribution in [2.45, 2.75) is 20.1 Å². The maximum atomic E-state index is 9.09. The fraction of sp³-hybridized carbons (Fsp3) is 0.222. The molecular weight excluding hydrogens is 262 g/mol. The fourth-order valence-corrected chi connectivity index (χ4v) is 2.56. The van der Waals surface area contributed by atoms with Gasteiger partial charge in [-0.2, -0.15) is 0 Å². The molecule has 0 fully saturated rings. The van der Waals surface area contributed by atoms with Crippen molar-refractivity contribution >= 4 is 10.9 Å². The van der Waals surface area contributed by atoms with Crippen molar-refractivity contribution in [1.82, 2.24) is 4.57 Å². The Labute approximate surface area is 124 Å². The fourth-order valence-electron chi connectivity index (χ4n) is 2.56. The van der Waals surface area contributed by atoms with Crippen LogP contribution in [0.4, 0.5) is 0 Å².